The molecular weight excluding hydrogens is 148 g/mol. The third-order valence-corrected chi connectivity index (χ3v) is 1.98. The number of nitrogens with one attached hydrogen (secondary N) is 1. The Morgan fingerprint density at radius 3 is 3.08 bits per heavy atom. The molecule has 1 radical (unpaired) electrons. The predicted molar refractivity (Wildman–Crippen MR) is 49.0 cm³/mol. The second-order valence-electron chi connectivity index (χ2n) is 3.24. The standard InChI is InChI=1S/C10H11N2/c1-7(2)10-8-5-3-4-6-9(8)11-12-10/h4-7H,1-2H3,(H,11,12). The Kier molecular flexibility index (Phi) is 1.61. The van der Waals surface area contributed by atoms with Crippen molar-refractivity contribution in [3.8, 4) is 0 Å². The van der Waals surface area contributed by atoms with E-state index in [0.717, 1.165) is 11.2 Å². The molecule has 0 spiro atoms. The Labute approximate surface area is 71.6 Å². The van der Waals surface area contributed by atoms with Gasteiger partial charge in [-0.3, -0.25) is 5.10 Å². The van der Waals surface area contributed by atoms with Gasteiger partial charge in [-0.05, 0) is 24.1 Å². The van der Waals surface area contributed by atoms with E-state index in [9.17, 15) is 0 Å². The molecule has 0 amide bonds. The van der Waals surface area contributed by atoms with Crippen LogP contribution in [-0.2, 0) is 0 Å². The first-order chi connectivity index (χ1) is 5.79. The molecule has 2 heteroatoms. The SMILES string of the molecule is CC(C)c1n[nH]c2cc[c]cc12. The first-order valence-corrected chi connectivity index (χ1v) is 4.13. The molecule has 12 heavy (non-hydrogen) atoms. The van der Waals surface area contributed by atoms with Gasteiger partial charge in [0, 0.05) is 5.39 Å². The monoisotopic (exact) mass is 159 g/mol. The van der Waals surface area contributed by atoms with Gasteiger partial charge in [-0.15, -0.1) is 0 Å². The molecule has 1 aromatic heterocycles. The summed E-state index contributed by atoms with van der Waals surface area (Å²) in [7, 11) is 0. The highest BCUT2D eigenvalue weighted by Gasteiger charge is 2.07. The molecule has 0 aliphatic carbocycles. The van der Waals surface area contributed by atoms with Gasteiger partial charge < -0.3 is 0 Å². The number of hydrogen-bond donors (Lipinski definition) is 1. The molecule has 0 bridgehead atoms. The van der Waals surface area contributed by atoms with Crippen LogP contribution in [0.1, 0.15) is 25.5 Å². The zero-order chi connectivity index (χ0) is 8.55. The molecule has 2 aromatic rings. The maximum atomic E-state index is 4.25. The Bertz CT molecular complexity index is 387. The van der Waals surface area contributed by atoms with E-state index in [-0.39, 0.29) is 0 Å². The summed E-state index contributed by atoms with van der Waals surface area (Å²) in [6, 6.07) is 8.92. The molecule has 2 rings (SSSR count). The van der Waals surface area contributed by atoms with Crippen molar-refractivity contribution in [3.05, 3.63) is 30.0 Å². The van der Waals surface area contributed by atoms with Gasteiger partial charge in [0.2, 0.25) is 0 Å². The molecule has 0 atom stereocenters. The molecule has 0 fully saturated rings. The van der Waals surface area contributed by atoms with Crippen molar-refractivity contribution in [1.82, 2.24) is 10.2 Å². The highest BCUT2D eigenvalue weighted by Crippen LogP contribution is 2.21. The Morgan fingerprint density at radius 1 is 1.50 bits per heavy atom. The normalized spacial score (nSPS) is 11.2. The van der Waals surface area contributed by atoms with E-state index in [4.69, 9.17) is 0 Å². The summed E-state index contributed by atoms with van der Waals surface area (Å²) >= 11 is 0. The Morgan fingerprint density at radius 2 is 2.33 bits per heavy atom. The van der Waals surface area contributed by atoms with Crippen molar-refractivity contribution in [2.45, 2.75) is 19.8 Å². The van der Waals surface area contributed by atoms with E-state index in [1.807, 2.05) is 18.2 Å². The lowest BCUT2D eigenvalue weighted by atomic mass is 10.1. The first kappa shape index (κ1) is 7.35. The Hall–Kier alpha value is -1.31. The van der Waals surface area contributed by atoms with E-state index in [0.29, 0.717) is 5.92 Å². The fourth-order valence-corrected chi connectivity index (χ4v) is 1.36. The summed E-state index contributed by atoms with van der Waals surface area (Å²) < 4.78 is 0. The van der Waals surface area contributed by atoms with Crippen LogP contribution in [0.4, 0.5) is 0 Å². The van der Waals surface area contributed by atoms with Crippen LogP contribution in [0.25, 0.3) is 10.9 Å². The average Bonchev–Trinajstić information content (AvgIpc) is 2.47. The van der Waals surface area contributed by atoms with Crippen LogP contribution in [0.3, 0.4) is 0 Å². The minimum absolute atomic E-state index is 0.467. The zero-order valence-electron chi connectivity index (χ0n) is 7.26. The van der Waals surface area contributed by atoms with Crippen molar-refractivity contribution >= 4 is 10.9 Å². The van der Waals surface area contributed by atoms with Crippen LogP contribution < -0.4 is 0 Å². The summed E-state index contributed by atoms with van der Waals surface area (Å²) in [5.41, 5.74) is 2.22. The fourth-order valence-electron chi connectivity index (χ4n) is 1.36. The minimum atomic E-state index is 0.467. The molecule has 1 heterocycles. The highest BCUT2D eigenvalue weighted by atomic mass is 15.1. The van der Waals surface area contributed by atoms with Gasteiger partial charge in [-0.25, -0.2) is 0 Å². The third-order valence-electron chi connectivity index (χ3n) is 1.98. The van der Waals surface area contributed by atoms with E-state index >= 15 is 0 Å². The predicted octanol–water partition coefficient (Wildman–Crippen LogP) is 2.49. The van der Waals surface area contributed by atoms with Gasteiger partial charge in [0.15, 0.2) is 0 Å². The molecule has 0 saturated carbocycles. The highest BCUT2D eigenvalue weighted by molar-refractivity contribution is 5.81. The van der Waals surface area contributed by atoms with Crippen LogP contribution in [0.5, 0.6) is 0 Å². The number of nitrogens with zero attached hydrogens (tertiary/aromatic N) is 1. The first-order valence-electron chi connectivity index (χ1n) is 4.13. The van der Waals surface area contributed by atoms with Crippen LogP contribution in [0.2, 0.25) is 0 Å². The molecule has 0 saturated heterocycles. The fraction of sp³-hybridized carbons (Fsp3) is 0.300. The van der Waals surface area contributed by atoms with Gasteiger partial charge in [0.25, 0.3) is 0 Å². The van der Waals surface area contributed by atoms with Gasteiger partial charge in [0.05, 0.1) is 11.2 Å². The van der Waals surface area contributed by atoms with Crippen molar-refractivity contribution in [2.24, 2.45) is 0 Å². The quantitative estimate of drug-likeness (QED) is 0.680. The molecule has 2 nitrogen and oxygen atoms in total. The van der Waals surface area contributed by atoms with Gasteiger partial charge in [-0.2, -0.15) is 5.10 Å². The maximum Gasteiger partial charge on any atom is 0.0726 e. The van der Waals surface area contributed by atoms with Crippen LogP contribution >= 0.6 is 0 Å². The lowest BCUT2D eigenvalue weighted by Gasteiger charge is -1.98. The number of aromatic amines is 1. The molecule has 0 aliphatic heterocycles. The van der Waals surface area contributed by atoms with E-state index in [2.05, 4.69) is 30.1 Å². The van der Waals surface area contributed by atoms with Crippen LogP contribution in [0.15, 0.2) is 18.2 Å². The lowest BCUT2D eigenvalue weighted by Crippen LogP contribution is -1.87. The average molecular weight is 159 g/mol. The smallest absolute Gasteiger partial charge is 0.0726 e. The number of rotatable bonds is 1. The largest absolute Gasteiger partial charge is 0.278 e. The van der Waals surface area contributed by atoms with Gasteiger partial charge >= 0.3 is 0 Å². The van der Waals surface area contributed by atoms with Crippen LogP contribution in [0, 0.1) is 6.07 Å². The van der Waals surface area contributed by atoms with Crippen molar-refractivity contribution in [2.75, 3.05) is 0 Å². The van der Waals surface area contributed by atoms with Crippen molar-refractivity contribution < 1.29 is 0 Å². The number of fused-ring (bicyclic) bond motifs is 1. The summed E-state index contributed by atoms with van der Waals surface area (Å²) in [6.07, 6.45) is 0. The summed E-state index contributed by atoms with van der Waals surface area (Å²) in [4.78, 5) is 0. The van der Waals surface area contributed by atoms with E-state index < -0.39 is 0 Å². The number of aromatic nitrogens is 2. The van der Waals surface area contributed by atoms with Gasteiger partial charge in [-0.1, -0.05) is 19.9 Å². The topological polar surface area (TPSA) is 28.7 Å². The number of hydrogen-bond acceptors (Lipinski definition) is 1. The summed E-state index contributed by atoms with van der Waals surface area (Å²) in [5.74, 6) is 0.467. The Balaban J connectivity index is 2.70. The second kappa shape index (κ2) is 2.63. The molecule has 1 N–H and O–H groups in total. The maximum absolute atomic E-state index is 4.25. The summed E-state index contributed by atoms with van der Waals surface area (Å²) in [6.45, 7) is 4.28. The second-order valence-corrected chi connectivity index (χ2v) is 3.24. The van der Waals surface area contributed by atoms with Crippen LogP contribution in [-0.4, -0.2) is 10.2 Å². The van der Waals surface area contributed by atoms with Gasteiger partial charge in [0.1, 0.15) is 0 Å². The number of benzene rings is 1. The van der Waals surface area contributed by atoms with E-state index in [1.165, 1.54) is 5.39 Å². The van der Waals surface area contributed by atoms with Crippen molar-refractivity contribution in [1.29, 1.82) is 0 Å². The molecule has 0 unspecified atom stereocenters. The molecular formula is C10H11N2. The number of H-pyrrole nitrogens is 1. The lowest BCUT2D eigenvalue weighted by molar-refractivity contribution is 0.818. The minimum Gasteiger partial charge on any atom is -0.278 e. The molecule has 1 aromatic carbocycles. The molecule has 61 valence electrons. The van der Waals surface area contributed by atoms with Crippen molar-refractivity contribution in [3.63, 3.8) is 0 Å². The van der Waals surface area contributed by atoms with E-state index in [1.54, 1.807) is 0 Å². The third kappa shape index (κ3) is 0.998. The molecule has 0 aliphatic rings. The summed E-state index contributed by atoms with van der Waals surface area (Å²) in [5, 5.41) is 8.44. The zero-order valence-corrected chi connectivity index (χ0v) is 7.26.